The van der Waals surface area contributed by atoms with Crippen molar-refractivity contribution in [3.05, 3.63) is 35.4 Å². The summed E-state index contributed by atoms with van der Waals surface area (Å²) in [6, 6.07) is 8.58. The van der Waals surface area contributed by atoms with E-state index in [1.54, 1.807) is 4.90 Å². The van der Waals surface area contributed by atoms with Gasteiger partial charge in [-0.3, -0.25) is 4.79 Å². The van der Waals surface area contributed by atoms with Crippen LogP contribution >= 0.6 is 0 Å². The first kappa shape index (κ1) is 16.1. The summed E-state index contributed by atoms with van der Waals surface area (Å²) in [5.41, 5.74) is 2.53. The molecule has 1 aliphatic rings. The van der Waals surface area contributed by atoms with Crippen molar-refractivity contribution in [1.29, 1.82) is 0 Å². The zero-order chi connectivity index (χ0) is 15.2. The van der Waals surface area contributed by atoms with Gasteiger partial charge in [0.05, 0.1) is 6.42 Å². The van der Waals surface area contributed by atoms with E-state index in [0.29, 0.717) is 6.42 Å². The summed E-state index contributed by atoms with van der Waals surface area (Å²) in [6.07, 6.45) is 8.59. The molecular weight excluding hydrogens is 258 g/mol. The van der Waals surface area contributed by atoms with Gasteiger partial charge in [-0.05, 0) is 35.8 Å². The average molecular weight is 287 g/mol. The summed E-state index contributed by atoms with van der Waals surface area (Å²) in [4.78, 5) is 13.4. The van der Waals surface area contributed by atoms with Crippen LogP contribution in [0.5, 0.6) is 0 Å². The standard InChI is InChI=1S/C19H29NO/c1-15-7-9-16(10-8-15)11-12-17-5-4-6-18(13-17)14-19(21)20(2)3/h4-6,13,15-16H,7-12,14H2,1-3H3. The normalized spacial score (nSPS) is 22.0. The Morgan fingerprint density at radius 3 is 2.48 bits per heavy atom. The molecule has 1 fully saturated rings. The largest absolute Gasteiger partial charge is 0.349 e. The third-order valence-electron chi connectivity index (χ3n) is 4.82. The summed E-state index contributed by atoms with van der Waals surface area (Å²) >= 11 is 0. The fourth-order valence-corrected chi connectivity index (χ4v) is 3.22. The molecule has 0 bridgehead atoms. The van der Waals surface area contributed by atoms with Gasteiger partial charge in [0.2, 0.25) is 5.91 Å². The first-order chi connectivity index (χ1) is 10.0. The SMILES string of the molecule is CC1CCC(CCc2cccc(CC(=O)N(C)C)c2)CC1. The zero-order valence-electron chi connectivity index (χ0n) is 13.8. The second-order valence-electron chi connectivity index (χ2n) is 6.95. The Morgan fingerprint density at radius 2 is 1.81 bits per heavy atom. The number of hydrogen-bond acceptors (Lipinski definition) is 1. The first-order valence-corrected chi connectivity index (χ1v) is 8.32. The van der Waals surface area contributed by atoms with Gasteiger partial charge in [-0.1, -0.05) is 56.9 Å². The molecule has 0 heterocycles. The minimum atomic E-state index is 0.174. The Morgan fingerprint density at radius 1 is 1.14 bits per heavy atom. The molecule has 0 unspecified atom stereocenters. The van der Waals surface area contributed by atoms with Gasteiger partial charge in [0.1, 0.15) is 0 Å². The van der Waals surface area contributed by atoms with Crippen LogP contribution in [0.3, 0.4) is 0 Å². The lowest BCUT2D eigenvalue weighted by atomic mass is 9.80. The number of carbonyl (C=O) groups excluding carboxylic acids is 1. The van der Waals surface area contributed by atoms with Crippen molar-refractivity contribution in [1.82, 2.24) is 4.90 Å². The molecular formula is C19H29NO. The molecule has 1 aliphatic carbocycles. The molecule has 2 heteroatoms. The highest BCUT2D eigenvalue weighted by atomic mass is 16.2. The summed E-state index contributed by atoms with van der Waals surface area (Å²) in [5, 5.41) is 0. The molecule has 2 nitrogen and oxygen atoms in total. The number of carbonyl (C=O) groups is 1. The number of hydrogen-bond donors (Lipinski definition) is 0. The van der Waals surface area contributed by atoms with Gasteiger partial charge in [-0.25, -0.2) is 0 Å². The molecule has 0 aromatic heterocycles. The van der Waals surface area contributed by atoms with Gasteiger partial charge in [-0.2, -0.15) is 0 Å². The van der Waals surface area contributed by atoms with Crippen molar-refractivity contribution in [2.45, 2.75) is 51.9 Å². The molecule has 0 N–H and O–H groups in total. The highest BCUT2D eigenvalue weighted by Crippen LogP contribution is 2.31. The molecule has 2 rings (SSSR count). The first-order valence-electron chi connectivity index (χ1n) is 8.32. The maximum absolute atomic E-state index is 11.8. The second-order valence-corrected chi connectivity index (χ2v) is 6.95. The number of amides is 1. The minimum absolute atomic E-state index is 0.174. The fourth-order valence-electron chi connectivity index (χ4n) is 3.22. The molecule has 0 saturated heterocycles. The van der Waals surface area contributed by atoms with Crippen LogP contribution in [-0.4, -0.2) is 24.9 Å². The number of benzene rings is 1. The summed E-state index contributed by atoms with van der Waals surface area (Å²) in [7, 11) is 3.63. The van der Waals surface area contributed by atoms with E-state index in [9.17, 15) is 4.79 Å². The van der Waals surface area contributed by atoms with Gasteiger partial charge < -0.3 is 4.90 Å². The highest BCUT2D eigenvalue weighted by Gasteiger charge is 2.17. The molecule has 0 aliphatic heterocycles. The Hall–Kier alpha value is -1.31. The summed E-state index contributed by atoms with van der Waals surface area (Å²) in [5.74, 6) is 2.02. The molecule has 0 atom stereocenters. The van der Waals surface area contributed by atoms with Crippen molar-refractivity contribution in [2.75, 3.05) is 14.1 Å². The fraction of sp³-hybridized carbons (Fsp3) is 0.632. The van der Waals surface area contributed by atoms with Crippen molar-refractivity contribution < 1.29 is 4.79 Å². The average Bonchev–Trinajstić information content (AvgIpc) is 2.47. The van der Waals surface area contributed by atoms with E-state index in [-0.39, 0.29) is 5.91 Å². The van der Waals surface area contributed by atoms with Gasteiger partial charge in [0.25, 0.3) is 0 Å². The predicted molar refractivity (Wildman–Crippen MR) is 88.3 cm³/mol. The van der Waals surface area contributed by atoms with Gasteiger partial charge in [0, 0.05) is 14.1 Å². The van der Waals surface area contributed by atoms with E-state index < -0.39 is 0 Å². The lowest BCUT2D eigenvalue weighted by Gasteiger charge is -2.26. The maximum Gasteiger partial charge on any atom is 0.226 e. The quantitative estimate of drug-likeness (QED) is 0.799. The van der Waals surface area contributed by atoms with E-state index >= 15 is 0 Å². The van der Waals surface area contributed by atoms with E-state index in [1.807, 2.05) is 14.1 Å². The number of rotatable bonds is 5. The zero-order valence-corrected chi connectivity index (χ0v) is 13.8. The lowest BCUT2D eigenvalue weighted by molar-refractivity contribution is -0.127. The Balaban J connectivity index is 1.85. The van der Waals surface area contributed by atoms with Crippen LogP contribution in [0.2, 0.25) is 0 Å². The van der Waals surface area contributed by atoms with Crippen LogP contribution in [0.4, 0.5) is 0 Å². The van der Waals surface area contributed by atoms with Crippen molar-refractivity contribution >= 4 is 5.91 Å². The van der Waals surface area contributed by atoms with E-state index in [4.69, 9.17) is 0 Å². The number of aryl methyl sites for hydroxylation is 1. The lowest BCUT2D eigenvalue weighted by Crippen LogP contribution is -2.23. The molecule has 1 aromatic rings. The third-order valence-corrected chi connectivity index (χ3v) is 4.82. The molecule has 1 saturated carbocycles. The predicted octanol–water partition coefficient (Wildman–Crippen LogP) is 4.08. The minimum Gasteiger partial charge on any atom is -0.349 e. The second kappa shape index (κ2) is 7.63. The van der Waals surface area contributed by atoms with Crippen molar-refractivity contribution in [3.8, 4) is 0 Å². The summed E-state index contributed by atoms with van der Waals surface area (Å²) < 4.78 is 0. The van der Waals surface area contributed by atoms with E-state index in [1.165, 1.54) is 37.7 Å². The third kappa shape index (κ3) is 5.18. The van der Waals surface area contributed by atoms with Gasteiger partial charge in [-0.15, -0.1) is 0 Å². The summed E-state index contributed by atoms with van der Waals surface area (Å²) in [6.45, 7) is 2.38. The Bertz CT molecular complexity index is 458. The highest BCUT2D eigenvalue weighted by molar-refractivity contribution is 5.78. The molecule has 0 spiro atoms. The van der Waals surface area contributed by atoms with Gasteiger partial charge >= 0.3 is 0 Å². The molecule has 116 valence electrons. The van der Waals surface area contributed by atoms with Crippen LogP contribution in [-0.2, 0) is 17.6 Å². The van der Waals surface area contributed by atoms with Crippen LogP contribution in [0.15, 0.2) is 24.3 Å². The van der Waals surface area contributed by atoms with Crippen LogP contribution in [0.25, 0.3) is 0 Å². The smallest absolute Gasteiger partial charge is 0.226 e. The number of nitrogens with zero attached hydrogens (tertiary/aromatic N) is 1. The molecule has 0 radical (unpaired) electrons. The van der Waals surface area contributed by atoms with Crippen LogP contribution < -0.4 is 0 Å². The van der Waals surface area contributed by atoms with Gasteiger partial charge in [0.15, 0.2) is 0 Å². The molecule has 1 amide bonds. The van der Waals surface area contributed by atoms with Crippen LogP contribution in [0, 0.1) is 11.8 Å². The molecule has 21 heavy (non-hydrogen) atoms. The van der Waals surface area contributed by atoms with Crippen molar-refractivity contribution in [3.63, 3.8) is 0 Å². The maximum atomic E-state index is 11.8. The van der Waals surface area contributed by atoms with E-state index in [0.717, 1.165) is 23.8 Å². The Kier molecular flexibility index (Phi) is 5.84. The monoisotopic (exact) mass is 287 g/mol. The Labute approximate surface area is 129 Å². The van der Waals surface area contributed by atoms with Crippen LogP contribution in [0.1, 0.15) is 50.2 Å². The number of likely N-dealkylation sites (N-methyl/N-ethyl adjacent to an activating group) is 1. The topological polar surface area (TPSA) is 20.3 Å². The van der Waals surface area contributed by atoms with E-state index in [2.05, 4.69) is 31.2 Å². The van der Waals surface area contributed by atoms with Crippen molar-refractivity contribution in [2.24, 2.45) is 11.8 Å². The molecule has 1 aromatic carbocycles.